The third-order valence-electron chi connectivity index (χ3n) is 10.0. The summed E-state index contributed by atoms with van der Waals surface area (Å²) in [5, 5.41) is 10.8. The number of nitrogens with zero attached hydrogens (tertiary/aromatic N) is 3. The molecule has 4 aliphatic rings. The second kappa shape index (κ2) is 12.3. The Morgan fingerprint density at radius 1 is 0.812 bits per heavy atom. The number of benzene rings is 3. The molecule has 0 radical (unpaired) electrons. The zero-order valence-corrected chi connectivity index (χ0v) is 27.2. The zero-order chi connectivity index (χ0) is 33.6. The number of ether oxygens (including phenoxy) is 3. The first-order valence-corrected chi connectivity index (χ1v) is 16.3. The zero-order valence-electron chi connectivity index (χ0n) is 27.2. The first kappa shape index (κ1) is 31.7. The van der Waals surface area contributed by atoms with Crippen molar-refractivity contribution in [1.82, 2.24) is 4.90 Å². The highest BCUT2D eigenvalue weighted by Crippen LogP contribution is 2.59. The Bertz CT molecular complexity index is 1760. The van der Waals surface area contributed by atoms with Crippen molar-refractivity contribution in [3.8, 4) is 11.5 Å². The molecule has 3 amide bonds. The summed E-state index contributed by atoms with van der Waals surface area (Å²) < 4.78 is 18.0. The maximum Gasteiger partial charge on any atom is 0.253 e. The van der Waals surface area contributed by atoms with Crippen molar-refractivity contribution in [3.63, 3.8) is 0 Å². The quantitative estimate of drug-likeness (QED) is 0.363. The van der Waals surface area contributed by atoms with Gasteiger partial charge in [0.2, 0.25) is 11.8 Å². The maximum atomic E-state index is 15.0. The van der Waals surface area contributed by atoms with E-state index in [1.54, 1.807) is 41.2 Å². The molecule has 0 saturated carbocycles. The molecule has 1 spiro atoms. The van der Waals surface area contributed by atoms with E-state index in [0.29, 0.717) is 35.0 Å². The summed E-state index contributed by atoms with van der Waals surface area (Å²) in [6, 6.07) is 21.6. The van der Waals surface area contributed by atoms with Crippen LogP contribution < -0.4 is 19.3 Å². The molecule has 7 rings (SSSR count). The molecule has 10 nitrogen and oxygen atoms in total. The van der Waals surface area contributed by atoms with Crippen molar-refractivity contribution >= 4 is 29.1 Å². The van der Waals surface area contributed by atoms with Crippen molar-refractivity contribution in [2.75, 3.05) is 43.2 Å². The van der Waals surface area contributed by atoms with Gasteiger partial charge in [0.15, 0.2) is 0 Å². The number of likely N-dealkylation sites (tertiary alicyclic amines) is 1. The smallest absolute Gasteiger partial charge is 0.253 e. The summed E-state index contributed by atoms with van der Waals surface area (Å²) in [6.07, 6.45) is 7.39. The molecular weight excluding hydrogens is 610 g/mol. The molecule has 10 heteroatoms. The molecule has 4 heterocycles. The van der Waals surface area contributed by atoms with Crippen LogP contribution in [0.4, 0.5) is 11.4 Å². The number of amides is 3. The number of carbonyl (C=O) groups is 3. The Balaban J connectivity index is 1.35. The number of rotatable bonds is 8. The normalized spacial score (nSPS) is 28.5. The van der Waals surface area contributed by atoms with Crippen LogP contribution in [-0.2, 0) is 19.1 Å². The second-order valence-electron chi connectivity index (χ2n) is 12.7. The van der Waals surface area contributed by atoms with E-state index in [9.17, 15) is 14.7 Å². The van der Waals surface area contributed by atoms with Gasteiger partial charge in [0.05, 0.1) is 43.8 Å². The molecule has 1 unspecified atom stereocenters. The molecule has 48 heavy (non-hydrogen) atoms. The minimum Gasteiger partial charge on any atom is -0.497 e. The Morgan fingerprint density at radius 3 is 2.02 bits per heavy atom. The van der Waals surface area contributed by atoms with E-state index in [4.69, 9.17) is 14.2 Å². The maximum absolute atomic E-state index is 15.0. The highest BCUT2D eigenvalue weighted by Gasteiger charge is 2.75. The van der Waals surface area contributed by atoms with Gasteiger partial charge in [-0.3, -0.25) is 14.4 Å². The summed E-state index contributed by atoms with van der Waals surface area (Å²) in [6.45, 7) is 4.33. The lowest BCUT2D eigenvalue weighted by atomic mass is 9.74. The number of aliphatic hydroxyl groups excluding tert-OH is 1. The predicted octanol–water partition coefficient (Wildman–Crippen LogP) is 4.30. The molecule has 2 saturated heterocycles. The minimum absolute atomic E-state index is 0.222. The topological polar surface area (TPSA) is 109 Å². The van der Waals surface area contributed by atoms with E-state index >= 15 is 4.79 Å². The Kier molecular flexibility index (Phi) is 8.09. The third kappa shape index (κ3) is 4.89. The SMILES string of the molecule is CCOc1ccc(N2CC=C[C@]3(C)O[C@]45C=CCN(c6ccc(OC)cc6)C(=O)C4N([C@H](CO)c4ccccc4)C(=O)[C@@H]5[C@@H]3C2=O)cc1. The largest absolute Gasteiger partial charge is 0.497 e. The monoisotopic (exact) mass is 649 g/mol. The van der Waals surface area contributed by atoms with Crippen LogP contribution in [0.1, 0.15) is 25.5 Å². The summed E-state index contributed by atoms with van der Waals surface area (Å²) >= 11 is 0. The van der Waals surface area contributed by atoms with Crippen LogP contribution in [0.2, 0.25) is 0 Å². The Hall–Kier alpha value is -4.93. The fourth-order valence-electron chi connectivity index (χ4n) is 7.94. The lowest BCUT2D eigenvalue weighted by molar-refractivity contribution is -0.148. The second-order valence-corrected chi connectivity index (χ2v) is 12.7. The van der Waals surface area contributed by atoms with Crippen molar-refractivity contribution in [1.29, 1.82) is 0 Å². The Labute approximate surface area is 279 Å². The molecule has 0 bridgehead atoms. The van der Waals surface area contributed by atoms with Crippen LogP contribution >= 0.6 is 0 Å². The van der Waals surface area contributed by atoms with E-state index in [0.717, 1.165) is 0 Å². The molecule has 1 N–H and O–H groups in total. The van der Waals surface area contributed by atoms with Crippen LogP contribution in [0.3, 0.4) is 0 Å². The number of aliphatic hydroxyl groups is 1. The number of hydrogen-bond donors (Lipinski definition) is 1. The summed E-state index contributed by atoms with van der Waals surface area (Å²) in [7, 11) is 1.58. The van der Waals surface area contributed by atoms with Gasteiger partial charge in [-0.05, 0) is 67.9 Å². The van der Waals surface area contributed by atoms with Crippen LogP contribution in [0.15, 0.2) is 103 Å². The lowest BCUT2D eigenvalue weighted by Crippen LogP contribution is -2.57. The Morgan fingerprint density at radius 2 is 1.42 bits per heavy atom. The van der Waals surface area contributed by atoms with Crippen molar-refractivity contribution in [2.45, 2.75) is 37.1 Å². The first-order valence-electron chi connectivity index (χ1n) is 16.3. The summed E-state index contributed by atoms with van der Waals surface area (Å²) in [4.78, 5) is 49.4. The molecule has 0 aromatic heterocycles. The average Bonchev–Trinajstić information content (AvgIpc) is 3.37. The molecule has 3 aromatic rings. The van der Waals surface area contributed by atoms with Gasteiger partial charge in [-0.15, -0.1) is 0 Å². The van der Waals surface area contributed by atoms with Crippen LogP contribution in [0.25, 0.3) is 0 Å². The summed E-state index contributed by atoms with van der Waals surface area (Å²) in [5.41, 5.74) is -0.726. The fraction of sp³-hybridized carbons (Fsp3) is 0.342. The highest BCUT2D eigenvalue weighted by molar-refractivity contribution is 6.07. The lowest BCUT2D eigenvalue weighted by Gasteiger charge is -2.40. The van der Waals surface area contributed by atoms with Gasteiger partial charge in [0, 0.05) is 24.5 Å². The third-order valence-corrected chi connectivity index (χ3v) is 10.0. The summed E-state index contributed by atoms with van der Waals surface area (Å²) in [5.74, 6) is -1.72. The highest BCUT2D eigenvalue weighted by atomic mass is 16.5. The number of methoxy groups -OCH3 is 1. The van der Waals surface area contributed by atoms with Crippen molar-refractivity contribution in [2.24, 2.45) is 11.8 Å². The van der Waals surface area contributed by atoms with Crippen molar-refractivity contribution < 1.29 is 33.7 Å². The van der Waals surface area contributed by atoms with E-state index in [2.05, 4.69) is 0 Å². The number of fused-ring (bicyclic) bond motifs is 2. The van der Waals surface area contributed by atoms with Gasteiger partial charge in [-0.2, -0.15) is 0 Å². The van der Waals surface area contributed by atoms with Gasteiger partial charge >= 0.3 is 0 Å². The van der Waals surface area contributed by atoms with Gasteiger partial charge in [0.25, 0.3) is 5.91 Å². The molecule has 6 atom stereocenters. The van der Waals surface area contributed by atoms with Gasteiger partial charge in [0.1, 0.15) is 23.1 Å². The molecule has 3 aromatic carbocycles. The van der Waals surface area contributed by atoms with Crippen LogP contribution in [0.5, 0.6) is 11.5 Å². The molecule has 4 aliphatic heterocycles. The average molecular weight is 650 g/mol. The van der Waals surface area contributed by atoms with Gasteiger partial charge in [-0.25, -0.2) is 0 Å². The molecule has 2 fully saturated rings. The van der Waals surface area contributed by atoms with Gasteiger partial charge in [-0.1, -0.05) is 54.6 Å². The van der Waals surface area contributed by atoms with Gasteiger partial charge < -0.3 is 34.0 Å². The van der Waals surface area contributed by atoms with E-state index in [1.165, 1.54) is 4.90 Å². The number of hydrogen-bond acceptors (Lipinski definition) is 7. The standard InChI is InChI=1S/C38H39N3O7/c1-4-47-29-18-14-26(15-19-29)39-22-8-20-37(2)31(34(39)43)32-35(44)41(30(24-42)25-10-6-5-7-11-25)33-36(45)40(23-9-21-38(32,33)48-37)27-12-16-28(46-3)17-13-27/h5-21,30-33,42H,4,22-24H2,1-3H3/t30-,31-,32+,33?,37+,38+/m1/s1. The number of carbonyl (C=O) groups excluding carboxylic acids is 3. The predicted molar refractivity (Wildman–Crippen MR) is 180 cm³/mol. The van der Waals surface area contributed by atoms with E-state index < -0.39 is 47.6 Å². The fourth-order valence-corrected chi connectivity index (χ4v) is 7.94. The molecule has 248 valence electrons. The molecule has 0 aliphatic carbocycles. The number of anilines is 2. The van der Waals surface area contributed by atoms with Crippen LogP contribution in [0, 0.1) is 11.8 Å². The molecular formula is C38H39N3O7. The van der Waals surface area contributed by atoms with Crippen LogP contribution in [-0.4, -0.2) is 78.4 Å². The minimum atomic E-state index is -1.49. The van der Waals surface area contributed by atoms with E-state index in [1.807, 2.05) is 92.7 Å². The van der Waals surface area contributed by atoms with E-state index in [-0.39, 0.29) is 24.9 Å². The first-order chi connectivity index (χ1) is 23.3. The van der Waals surface area contributed by atoms with Crippen molar-refractivity contribution in [3.05, 3.63) is 109 Å².